The molecule has 0 aromatic carbocycles. The van der Waals surface area contributed by atoms with E-state index in [2.05, 4.69) is 0 Å². The number of carboxylic acid groups (broad SMARTS) is 1. The molecular weight excluding hydrogens is 154 g/mol. The molecule has 0 spiro atoms. The maximum absolute atomic E-state index is 10.5. The van der Waals surface area contributed by atoms with E-state index < -0.39 is 5.97 Å². The summed E-state index contributed by atoms with van der Waals surface area (Å²) in [5.74, 6) is -1.05. The van der Waals surface area contributed by atoms with Crippen molar-refractivity contribution >= 4 is 5.97 Å². The summed E-state index contributed by atoms with van der Waals surface area (Å²) in [7, 11) is 1.92. The van der Waals surface area contributed by atoms with Crippen LogP contribution in [0.2, 0.25) is 0 Å². The molecule has 0 saturated heterocycles. The van der Waals surface area contributed by atoms with Gasteiger partial charge in [0, 0.05) is 25.4 Å². The van der Waals surface area contributed by atoms with E-state index in [1.165, 1.54) is 0 Å². The SMILES string of the molecule is CC(Cc1cccn1C)C(=O)O. The number of carbonyl (C=O) groups is 1. The molecule has 1 unspecified atom stereocenters. The minimum absolute atomic E-state index is 0.307. The lowest BCUT2D eigenvalue weighted by Gasteiger charge is -2.06. The lowest BCUT2D eigenvalue weighted by molar-refractivity contribution is -0.141. The summed E-state index contributed by atoms with van der Waals surface area (Å²) in [5, 5.41) is 8.66. The molecule has 1 aromatic heterocycles. The van der Waals surface area contributed by atoms with Crippen molar-refractivity contribution in [3.05, 3.63) is 24.0 Å². The first kappa shape index (κ1) is 8.84. The zero-order valence-corrected chi connectivity index (χ0v) is 7.32. The highest BCUT2D eigenvalue weighted by atomic mass is 16.4. The normalized spacial score (nSPS) is 12.8. The van der Waals surface area contributed by atoms with Gasteiger partial charge in [0.25, 0.3) is 0 Å². The molecule has 1 aromatic rings. The number of hydrogen-bond donors (Lipinski definition) is 1. The Balaban J connectivity index is 2.64. The molecule has 1 rings (SSSR count). The summed E-state index contributed by atoms with van der Waals surface area (Å²) in [4.78, 5) is 10.5. The van der Waals surface area contributed by atoms with Crippen LogP contribution in [0.1, 0.15) is 12.6 Å². The van der Waals surface area contributed by atoms with Crippen LogP contribution >= 0.6 is 0 Å². The molecule has 66 valence electrons. The minimum Gasteiger partial charge on any atom is -0.481 e. The van der Waals surface area contributed by atoms with Gasteiger partial charge < -0.3 is 9.67 Å². The Labute approximate surface area is 71.6 Å². The van der Waals surface area contributed by atoms with Gasteiger partial charge in [-0.25, -0.2) is 0 Å². The average molecular weight is 167 g/mol. The lowest BCUT2D eigenvalue weighted by Crippen LogP contribution is -2.13. The standard InChI is InChI=1S/C9H13NO2/c1-7(9(11)12)6-8-4-3-5-10(8)2/h3-5,7H,6H2,1-2H3,(H,11,12). The molecule has 0 amide bonds. The van der Waals surface area contributed by atoms with E-state index in [-0.39, 0.29) is 5.92 Å². The third kappa shape index (κ3) is 1.87. The van der Waals surface area contributed by atoms with Gasteiger partial charge in [0.15, 0.2) is 0 Å². The van der Waals surface area contributed by atoms with Crippen molar-refractivity contribution in [2.75, 3.05) is 0 Å². The maximum Gasteiger partial charge on any atom is 0.306 e. The Bertz CT molecular complexity index is 278. The molecule has 3 nitrogen and oxygen atoms in total. The first-order valence-electron chi connectivity index (χ1n) is 3.94. The fourth-order valence-corrected chi connectivity index (χ4v) is 1.11. The predicted molar refractivity (Wildman–Crippen MR) is 45.9 cm³/mol. The fourth-order valence-electron chi connectivity index (χ4n) is 1.11. The zero-order valence-electron chi connectivity index (χ0n) is 7.32. The monoisotopic (exact) mass is 167 g/mol. The van der Waals surface area contributed by atoms with Crippen molar-refractivity contribution in [1.29, 1.82) is 0 Å². The van der Waals surface area contributed by atoms with E-state index in [1.807, 2.05) is 29.9 Å². The van der Waals surface area contributed by atoms with Gasteiger partial charge in [-0.05, 0) is 12.1 Å². The largest absolute Gasteiger partial charge is 0.481 e. The fraction of sp³-hybridized carbons (Fsp3) is 0.444. The molecule has 0 aliphatic heterocycles. The van der Waals surface area contributed by atoms with Crippen molar-refractivity contribution in [3.8, 4) is 0 Å². The number of rotatable bonds is 3. The van der Waals surface area contributed by atoms with Gasteiger partial charge in [0.05, 0.1) is 5.92 Å². The van der Waals surface area contributed by atoms with Crippen molar-refractivity contribution in [2.45, 2.75) is 13.3 Å². The van der Waals surface area contributed by atoms with Gasteiger partial charge in [-0.3, -0.25) is 4.79 Å². The van der Waals surface area contributed by atoms with E-state index in [0.29, 0.717) is 6.42 Å². The van der Waals surface area contributed by atoms with Crippen molar-refractivity contribution in [2.24, 2.45) is 13.0 Å². The number of aryl methyl sites for hydroxylation is 1. The van der Waals surface area contributed by atoms with Crippen LogP contribution in [0.25, 0.3) is 0 Å². The van der Waals surface area contributed by atoms with Crippen LogP contribution < -0.4 is 0 Å². The Hall–Kier alpha value is -1.25. The highest BCUT2D eigenvalue weighted by Crippen LogP contribution is 2.08. The van der Waals surface area contributed by atoms with E-state index in [4.69, 9.17) is 5.11 Å². The number of nitrogens with zero attached hydrogens (tertiary/aromatic N) is 1. The lowest BCUT2D eigenvalue weighted by atomic mass is 10.1. The van der Waals surface area contributed by atoms with Crippen LogP contribution in [-0.2, 0) is 18.3 Å². The molecule has 0 aliphatic rings. The molecule has 0 radical (unpaired) electrons. The van der Waals surface area contributed by atoms with Crippen LogP contribution in [0.4, 0.5) is 0 Å². The first-order valence-corrected chi connectivity index (χ1v) is 3.94. The summed E-state index contributed by atoms with van der Waals surface area (Å²) in [5.41, 5.74) is 1.06. The van der Waals surface area contributed by atoms with Gasteiger partial charge in [0.1, 0.15) is 0 Å². The van der Waals surface area contributed by atoms with Crippen LogP contribution in [0, 0.1) is 5.92 Å². The molecule has 0 bridgehead atoms. The highest BCUT2D eigenvalue weighted by molar-refractivity contribution is 5.69. The second kappa shape index (κ2) is 3.43. The quantitative estimate of drug-likeness (QED) is 0.737. The van der Waals surface area contributed by atoms with Gasteiger partial charge in [0.2, 0.25) is 0 Å². The molecule has 0 fully saturated rings. The Morgan fingerprint density at radius 3 is 2.83 bits per heavy atom. The number of carboxylic acids is 1. The number of hydrogen-bond acceptors (Lipinski definition) is 1. The minimum atomic E-state index is -0.740. The molecule has 0 aliphatic carbocycles. The summed E-state index contributed by atoms with van der Waals surface area (Å²) in [6.07, 6.45) is 2.52. The van der Waals surface area contributed by atoms with Gasteiger partial charge in [-0.1, -0.05) is 6.92 Å². The van der Waals surface area contributed by atoms with Crippen LogP contribution in [-0.4, -0.2) is 15.6 Å². The Morgan fingerprint density at radius 1 is 1.75 bits per heavy atom. The van der Waals surface area contributed by atoms with E-state index >= 15 is 0 Å². The number of aromatic nitrogens is 1. The third-order valence-corrected chi connectivity index (χ3v) is 1.99. The predicted octanol–water partition coefficient (Wildman–Crippen LogP) is 1.29. The van der Waals surface area contributed by atoms with Gasteiger partial charge in [-0.15, -0.1) is 0 Å². The summed E-state index contributed by atoms with van der Waals surface area (Å²) in [6.45, 7) is 1.72. The Kier molecular flexibility index (Phi) is 2.53. The topological polar surface area (TPSA) is 42.2 Å². The van der Waals surface area contributed by atoms with Crippen LogP contribution in [0.15, 0.2) is 18.3 Å². The molecular formula is C9H13NO2. The van der Waals surface area contributed by atoms with Gasteiger partial charge in [-0.2, -0.15) is 0 Å². The smallest absolute Gasteiger partial charge is 0.306 e. The highest BCUT2D eigenvalue weighted by Gasteiger charge is 2.12. The maximum atomic E-state index is 10.5. The molecule has 3 heteroatoms. The van der Waals surface area contributed by atoms with Crippen molar-refractivity contribution < 1.29 is 9.90 Å². The van der Waals surface area contributed by atoms with E-state index in [0.717, 1.165) is 5.69 Å². The molecule has 1 N–H and O–H groups in total. The summed E-state index contributed by atoms with van der Waals surface area (Å²) < 4.78 is 1.94. The van der Waals surface area contributed by atoms with E-state index in [1.54, 1.807) is 6.92 Å². The summed E-state index contributed by atoms with van der Waals surface area (Å²) in [6, 6.07) is 3.86. The first-order chi connectivity index (χ1) is 5.61. The molecule has 0 saturated carbocycles. The van der Waals surface area contributed by atoms with Gasteiger partial charge >= 0.3 is 5.97 Å². The molecule has 1 heterocycles. The van der Waals surface area contributed by atoms with Crippen LogP contribution in [0.3, 0.4) is 0 Å². The third-order valence-electron chi connectivity index (χ3n) is 1.99. The second-order valence-corrected chi connectivity index (χ2v) is 3.05. The zero-order chi connectivity index (χ0) is 9.14. The Morgan fingerprint density at radius 2 is 2.42 bits per heavy atom. The van der Waals surface area contributed by atoms with Crippen LogP contribution in [0.5, 0.6) is 0 Å². The van der Waals surface area contributed by atoms with Crippen molar-refractivity contribution in [3.63, 3.8) is 0 Å². The molecule has 12 heavy (non-hydrogen) atoms. The van der Waals surface area contributed by atoms with Crippen molar-refractivity contribution in [1.82, 2.24) is 4.57 Å². The van der Waals surface area contributed by atoms with E-state index in [9.17, 15) is 4.79 Å². The molecule has 1 atom stereocenters. The average Bonchev–Trinajstić information content (AvgIpc) is 2.36. The second-order valence-electron chi connectivity index (χ2n) is 3.05. The summed E-state index contributed by atoms with van der Waals surface area (Å²) >= 11 is 0. The number of aliphatic carboxylic acids is 1.